The molecule has 0 aliphatic carbocycles. The molecule has 0 aromatic carbocycles. The first-order valence-electron chi connectivity index (χ1n) is 9.31. The lowest BCUT2D eigenvalue weighted by Gasteiger charge is -2.50. The maximum atomic E-state index is 11.9. The third kappa shape index (κ3) is 9.76. The van der Waals surface area contributed by atoms with E-state index in [2.05, 4.69) is 94.7 Å². The van der Waals surface area contributed by atoms with Crippen LogP contribution in [0, 0.1) is 94.7 Å². The van der Waals surface area contributed by atoms with Crippen molar-refractivity contribution >= 4 is 5.97 Å². The van der Waals surface area contributed by atoms with Gasteiger partial charge in [-0.05, 0) is 118 Å². The van der Waals surface area contributed by atoms with Crippen LogP contribution in [-0.4, -0.2) is 33.4 Å². The number of carbonyl (C=O) groups is 1. The number of hydroxylamine groups is 2. The number of esters is 1. The third-order valence-electron chi connectivity index (χ3n) is 3.98. The molecule has 1 aliphatic heterocycles. The molecule has 4 nitrogen and oxygen atoms in total. The largest absolute Gasteiger partial charge is 0.453 e. The number of ether oxygens (including phenoxy) is 1. The van der Waals surface area contributed by atoms with E-state index >= 15 is 0 Å². The molecule has 1 heterocycles. The zero-order valence-electron chi connectivity index (χ0n) is 18.2. The molecule has 0 atom stereocenters. The Labute approximate surface area is 209 Å². The molecule has 0 radical (unpaired) electrons. The van der Waals surface area contributed by atoms with Crippen LogP contribution in [0.15, 0.2) is 0 Å². The maximum absolute atomic E-state index is 11.9. The lowest BCUT2D eigenvalue weighted by Crippen LogP contribution is -2.60. The molecule has 0 unspecified atom stereocenters. The van der Waals surface area contributed by atoms with Crippen molar-refractivity contribution in [2.45, 2.75) is 64.6 Å². The maximum Gasteiger partial charge on any atom is 0.385 e. The topological polar surface area (TPSA) is 49.8 Å². The molecular formula is C27H53NO3. The summed E-state index contributed by atoms with van der Waals surface area (Å²) in [5, 5.41) is 11.6. The molecule has 1 rings (SSSR count). The van der Waals surface area contributed by atoms with Gasteiger partial charge in [-0.2, -0.15) is 5.06 Å². The SMILES string of the molecule is CC#CC#CC#CC#CC#CC#CC#CC#CC(=O)OC1CC(C)(C)N(O)C(C)(C)C1.[HH].[HH].[HH].[HH].[HH].[HH].[HH].[HH].[HH].[HH].[HH].[HH].[HH].[HH].[HH].[HH]. The Hall–Kier alpha value is -4.13. The average Bonchev–Trinajstić information content (AvgIpc) is 2.68. The van der Waals surface area contributed by atoms with Crippen LogP contribution in [0.3, 0.4) is 0 Å². The lowest BCUT2D eigenvalue weighted by atomic mass is 9.80. The van der Waals surface area contributed by atoms with Crippen molar-refractivity contribution < 1.29 is 37.6 Å². The van der Waals surface area contributed by atoms with Gasteiger partial charge in [-0.3, -0.25) is 0 Å². The first-order chi connectivity index (χ1) is 14.7. The predicted octanol–water partition coefficient (Wildman–Crippen LogP) is 5.92. The summed E-state index contributed by atoms with van der Waals surface area (Å²) in [7, 11) is 0. The van der Waals surface area contributed by atoms with Gasteiger partial charge in [0.15, 0.2) is 0 Å². The predicted molar refractivity (Wildman–Crippen MR) is 153 cm³/mol. The highest BCUT2D eigenvalue weighted by atomic mass is 16.5. The van der Waals surface area contributed by atoms with Gasteiger partial charge in [0.25, 0.3) is 0 Å². The smallest absolute Gasteiger partial charge is 0.385 e. The van der Waals surface area contributed by atoms with Gasteiger partial charge in [-0.1, -0.05) is 5.92 Å². The number of nitrogens with zero attached hydrogens (tertiary/aromatic N) is 1. The van der Waals surface area contributed by atoms with Crippen molar-refractivity contribution in [2.75, 3.05) is 0 Å². The van der Waals surface area contributed by atoms with E-state index < -0.39 is 17.0 Å². The molecular weight excluding hydrogens is 386 g/mol. The fourth-order valence-corrected chi connectivity index (χ4v) is 2.96. The van der Waals surface area contributed by atoms with E-state index in [0.29, 0.717) is 12.8 Å². The normalized spacial score (nSPS) is 14.8. The monoisotopic (exact) mass is 439 g/mol. The highest BCUT2D eigenvalue weighted by Crippen LogP contribution is 2.37. The van der Waals surface area contributed by atoms with E-state index in [4.69, 9.17) is 4.74 Å². The Morgan fingerprint density at radius 3 is 1.52 bits per heavy atom. The zero-order chi connectivity index (χ0) is 23.2. The summed E-state index contributed by atoms with van der Waals surface area (Å²) in [4.78, 5) is 11.9. The van der Waals surface area contributed by atoms with Crippen LogP contribution in [0.25, 0.3) is 0 Å². The van der Waals surface area contributed by atoms with Crippen molar-refractivity contribution in [2.24, 2.45) is 0 Å². The van der Waals surface area contributed by atoms with E-state index in [1.807, 2.05) is 27.7 Å². The summed E-state index contributed by atoms with van der Waals surface area (Å²) in [6, 6.07) is 0. The molecule has 0 aromatic rings. The highest BCUT2D eigenvalue weighted by molar-refractivity contribution is 5.89. The Kier molecular flexibility index (Phi) is 9.99. The molecule has 0 spiro atoms. The van der Waals surface area contributed by atoms with Gasteiger partial charge >= 0.3 is 5.97 Å². The van der Waals surface area contributed by atoms with Gasteiger partial charge in [0.2, 0.25) is 0 Å². The van der Waals surface area contributed by atoms with Gasteiger partial charge in [-0.15, -0.1) is 0 Å². The fraction of sp³-hybridized carbons (Fsp3) is 0.370. The fourth-order valence-electron chi connectivity index (χ4n) is 2.96. The Bertz CT molecular complexity index is 1230. The molecule has 1 fully saturated rings. The molecule has 4 heteroatoms. The van der Waals surface area contributed by atoms with Crippen LogP contribution in [0.4, 0.5) is 0 Å². The summed E-state index contributed by atoms with van der Waals surface area (Å²) in [5.41, 5.74) is -1.02. The molecule has 0 aromatic heterocycles. The quantitative estimate of drug-likeness (QED) is 0.313. The molecule has 184 valence electrons. The molecule has 0 saturated carbocycles. The van der Waals surface area contributed by atoms with Gasteiger partial charge in [0.05, 0.1) is 0 Å². The van der Waals surface area contributed by atoms with Crippen LogP contribution in [-0.2, 0) is 9.53 Å². The second kappa shape index (κ2) is 12.4. The molecule has 1 saturated heterocycles. The molecule has 0 amide bonds. The van der Waals surface area contributed by atoms with Gasteiger partial charge in [0, 0.05) is 52.7 Å². The highest BCUT2D eigenvalue weighted by Gasteiger charge is 2.46. The first-order valence-corrected chi connectivity index (χ1v) is 9.31. The number of rotatable bonds is 1. The zero-order valence-corrected chi connectivity index (χ0v) is 18.2. The lowest BCUT2D eigenvalue weighted by molar-refractivity contribution is -0.258. The van der Waals surface area contributed by atoms with E-state index in [9.17, 15) is 10.0 Å². The second-order valence-corrected chi connectivity index (χ2v) is 7.50. The van der Waals surface area contributed by atoms with Crippen molar-refractivity contribution in [1.82, 2.24) is 5.06 Å². The van der Waals surface area contributed by atoms with Crippen molar-refractivity contribution in [3.63, 3.8) is 0 Å². The Balaban J connectivity index is -0.0000000429. The Morgan fingerprint density at radius 1 is 0.774 bits per heavy atom. The summed E-state index contributed by atoms with van der Waals surface area (Å²) >= 11 is 0. The van der Waals surface area contributed by atoms with Crippen molar-refractivity contribution in [3.05, 3.63) is 0 Å². The summed E-state index contributed by atoms with van der Waals surface area (Å²) in [6.45, 7) is 9.27. The van der Waals surface area contributed by atoms with Crippen LogP contribution in [0.1, 0.15) is 70.3 Å². The standard InChI is InChI=1S/C27H21NO3.16H2/c1-6-7-8-9-10-11-12-13-14-15-16-17-18-19-20-21-25(29)31-24-22-26(2,3)28(30)27(4,5)23-24;;;;;;;;;;;;;;;;/h24,30H,22-23H2,1-5H3;16*1H. The van der Waals surface area contributed by atoms with E-state index in [-0.39, 0.29) is 28.9 Å². The minimum Gasteiger partial charge on any atom is -0.453 e. The summed E-state index contributed by atoms with van der Waals surface area (Å²) in [5.74, 6) is 39.2. The molecule has 1 N–H and O–H groups in total. The van der Waals surface area contributed by atoms with E-state index in [1.165, 1.54) is 5.06 Å². The minimum atomic E-state index is -0.659. The number of piperidine rings is 1. The Morgan fingerprint density at radius 2 is 1.13 bits per heavy atom. The van der Waals surface area contributed by atoms with Gasteiger partial charge < -0.3 is 9.94 Å². The third-order valence-corrected chi connectivity index (χ3v) is 3.98. The second-order valence-electron chi connectivity index (χ2n) is 7.50. The van der Waals surface area contributed by atoms with Crippen molar-refractivity contribution in [3.8, 4) is 94.7 Å². The molecule has 31 heavy (non-hydrogen) atoms. The van der Waals surface area contributed by atoms with E-state index in [1.54, 1.807) is 6.92 Å². The van der Waals surface area contributed by atoms with Crippen LogP contribution in [0.2, 0.25) is 0 Å². The first kappa shape index (κ1) is 24.9. The number of carbonyl (C=O) groups excluding carboxylic acids is 1. The van der Waals surface area contributed by atoms with Crippen molar-refractivity contribution in [1.29, 1.82) is 0 Å². The van der Waals surface area contributed by atoms with Crippen LogP contribution in [0.5, 0.6) is 0 Å². The molecule has 1 aliphatic rings. The average molecular weight is 440 g/mol. The van der Waals surface area contributed by atoms with E-state index in [0.717, 1.165) is 0 Å². The van der Waals surface area contributed by atoms with Crippen LogP contribution >= 0.6 is 0 Å². The van der Waals surface area contributed by atoms with Gasteiger partial charge in [-0.25, -0.2) is 4.79 Å². The number of hydrogen-bond donors (Lipinski definition) is 1. The molecule has 0 bridgehead atoms. The summed E-state index contributed by atoms with van der Waals surface area (Å²) in [6.07, 6.45) is 0.679. The van der Waals surface area contributed by atoms with Gasteiger partial charge in [0.1, 0.15) is 6.10 Å². The minimum absolute atomic E-state index is 0. The summed E-state index contributed by atoms with van der Waals surface area (Å²) < 4.78 is 5.41. The van der Waals surface area contributed by atoms with Crippen LogP contribution < -0.4 is 0 Å². The number of hydrogen-bond acceptors (Lipinski definition) is 4.